The Morgan fingerprint density at radius 3 is 2.59 bits per heavy atom. The predicted octanol–water partition coefficient (Wildman–Crippen LogP) is 4.39. The third kappa shape index (κ3) is 4.29. The van der Waals surface area contributed by atoms with Crippen molar-refractivity contribution in [3.63, 3.8) is 0 Å². The van der Waals surface area contributed by atoms with Crippen molar-refractivity contribution in [2.24, 2.45) is 5.10 Å². The van der Waals surface area contributed by atoms with Crippen LogP contribution >= 0.6 is 24.0 Å². The van der Waals surface area contributed by atoms with Gasteiger partial charge in [0, 0.05) is 6.07 Å². The van der Waals surface area contributed by atoms with Crippen LogP contribution in [0.5, 0.6) is 0 Å². The van der Waals surface area contributed by atoms with Gasteiger partial charge in [0.15, 0.2) is 4.32 Å². The number of para-hydroxylation sites is 1. The maximum Gasteiger partial charge on any atom is 0.286 e. The van der Waals surface area contributed by atoms with Crippen LogP contribution in [0.3, 0.4) is 0 Å². The summed E-state index contributed by atoms with van der Waals surface area (Å²) in [5.74, 6) is -0.348. The number of nitro benzene ring substituents is 1. The van der Waals surface area contributed by atoms with Gasteiger partial charge in [-0.05, 0) is 41.9 Å². The van der Waals surface area contributed by atoms with Crippen LogP contribution in [0.4, 0.5) is 5.69 Å². The Morgan fingerprint density at radius 2 is 1.93 bits per heavy atom. The van der Waals surface area contributed by atoms with Crippen molar-refractivity contribution in [1.29, 1.82) is 0 Å². The molecule has 1 aliphatic rings. The summed E-state index contributed by atoms with van der Waals surface area (Å²) in [5, 5.41) is 16.2. The van der Waals surface area contributed by atoms with Crippen LogP contribution in [-0.4, -0.2) is 26.4 Å². The zero-order chi connectivity index (χ0) is 19.4. The average molecular weight is 397 g/mol. The van der Waals surface area contributed by atoms with Crippen molar-refractivity contribution in [3.8, 4) is 0 Å². The lowest BCUT2D eigenvalue weighted by molar-refractivity contribution is -0.385. The number of thiocarbonyl (C=S) groups is 1. The van der Waals surface area contributed by atoms with Gasteiger partial charge in [-0.15, -0.1) is 0 Å². The van der Waals surface area contributed by atoms with Gasteiger partial charge in [-0.1, -0.05) is 55.1 Å². The molecule has 1 fully saturated rings. The Balaban J connectivity index is 1.82. The summed E-state index contributed by atoms with van der Waals surface area (Å²) < 4.78 is 0.284. The van der Waals surface area contributed by atoms with Crippen molar-refractivity contribution in [2.45, 2.75) is 13.3 Å². The highest BCUT2D eigenvalue weighted by molar-refractivity contribution is 8.26. The van der Waals surface area contributed by atoms with Crippen LogP contribution in [-0.2, 0) is 11.2 Å². The Hall–Kier alpha value is -2.84. The van der Waals surface area contributed by atoms with Gasteiger partial charge in [-0.2, -0.15) is 10.1 Å². The molecule has 136 valence electrons. The third-order valence-electron chi connectivity index (χ3n) is 3.90. The standard InChI is InChI=1S/C19H15N3O3S2/c1-2-13-7-9-14(10-8-13)11-17-18(23)21(19(26)27-17)20-12-15-5-3-4-6-16(15)22(24)25/h3-12H,2H2,1H3/b17-11+,20-12+. The number of hydrogen-bond acceptors (Lipinski definition) is 6. The number of aryl methyl sites for hydroxylation is 1. The van der Waals surface area contributed by atoms with E-state index in [2.05, 4.69) is 12.0 Å². The van der Waals surface area contributed by atoms with Gasteiger partial charge in [-0.25, -0.2) is 0 Å². The molecule has 3 rings (SSSR count). The Kier molecular flexibility index (Phi) is 5.78. The fourth-order valence-corrected chi connectivity index (χ4v) is 3.62. The molecule has 0 spiro atoms. The molecular weight excluding hydrogens is 382 g/mol. The topological polar surface area (TPSA) is 75.8 Å². The van der Waals surface area contributed by atoms with Crippen LogP contribution in [0.1, 0.15) is 23.6 Å². The first-order chi connectivity index (χ1) is 13.0. The van der Waals surface area contributed by atoms with E-state index >= 15 is 0 Å². The van der Waals surface area contributed by atoms with Crippen LogP contribution in [0.15, 0.2) is 58.5 Å². The van der Waals surface area contributed by atoms with Gasteiger partial charge >= 0.3 is 0 Å². The number of benzene rings is 2. The third-order valence-corrected chi connectivity index (χ3v) is 5.19. The minimum atomic E-state index is -0.495. The molecule has 0 N–H and O–H groups in total. The van der Waals surface area contributed by atoms with Gasteiger partial charge in [0.25, 0.3) is 11.6 Å². The summed E-state index contributed by atoms with van der Waals surface area (Å²) in [6, 6.07) is 14.1. The van der Waals surface area contributed by atoms with E-state index in [1.807, 2.05) is 24.3 Å². The molecule has 2 aromatic rings. The second-order valence-corrected chi connectivity index (χ2v) is 7.32. The lowest BCUT2D eigenvalue weighted by Crippen LogP contribution is -2.22. The van der Waals surface area contributed by atoms with E-state index in [1.54, 1.807) is 24.3 Å². The van der Waals surface area contributed by atoms with Gasteiger partial charge in [0.1, 0.15) is 0 Å². The fourth-order valence-electron chi connectivity index (χ4n) is 2.44. The molecule has 6 nitrogen and oxygen atoms in total. The van der Waals surface area contributed by atoms with E-state index in [1.165, 1.54) is 17.8 Å². The first-order valence-electron chi connectivity index (χ1n) is 8.14. The van der Waals surface area contributed by atoms with Gasteiger partial charge in [0.05, 0.1) is 21.6 Å². The molecule has 27 heavy (non-hydrogen) atoms. The second-order valence-electron chi connectivity index (χ2n) is 5.65. The molecule has 1 saturated heterocycles. The van der Waals surface area contributed by atoms with E-state index in [9.17, 15) is 14.9 Å². The molecule has 8 heteroatoms. The SMILES string of the molecule is CCc1ccc(/C=C2/SC(=S)N(/N=C/c3ccccc3[N+](=O)[O-])C2=O)cc1. The molecule has 0 aliphatic carbocycles. The number of hydrogen-bond donors (Lipinski definition) is 0. The van der Waals surface area contributed by atoms with E-state index in [-0.39, 0.29) is 15.9 Å². The molecule has 1 heterocycles. The molecule has 1 aliphatic heterocycles. The summed E-state index contributed by atoms with van der Waals surface area (Å²) in [4.78, 5) is 23.6. The largest absolute Gasteiger partial charge is 0.286 e. The van der Waals surface area contributed by atoms with E-state index in [4.69, 9.17) is 12.2 Å². The number of carbonyl (C=O) groups excluding carboxylic acids is 1. The zero-order valence-electron chi connectivity index (χ0n) is 14.4. The van der Waals surface area contributed by atoms with Gasteiger partial charge in [0.2, 0.25) is 0 Å². The van der Waals surface area contributed by atoms with E-state index in [0.29, 0.717) is 10.5 Å². The first kappa shape index (κ1) is 18.9. The van der Waals surface area contributed by atoms with Crippen molar-refractivity contribution in [1.82, 2.24) is 5.01 Å². The maximum absolute atomic E-state index is 12.6. The number of hydrazone groups is 1. The highest BCUT2D eigenvalue weighted by Crippen LogP contribution is 2.33. The average Bonchev–Trinajstić information content (AvgIpc) is 2.94. The van der Waals surface area contributed by atoms with E-state index in [0.717, 1.165) is 28.8 Å². The lowest BCUT2D eigenvalue weighted by Gasteiger charge is -2.06. The normalized spacial score (nSPS) is 15.9. The molecule has 0 radical (unpaired) electrons. The summed E-state index contributed by atoms with van der Waals surface area (Å²) in [6.45, 7) is 2.08. The Bertz CT molecular complexity index is 968. The summed E-state index contributed by atoms with van der Waals surface area (Å²) >= 11 is 6.38. The van der Waals surface area contributed by atoms with Gasteiger partial charge in [-0.3, -0.25) is 14.9 Å². The lowest BCUT2D eigenvalue weighted by atomic mass is 10.1. The molecular formula is C19H15N3O3S2. The van der Waals surface area contributed by atoms with Crippen molar-refractivity contribution in [2.75, 3.05) is 0 Å². The molecule has 0 aromatic heterocycles. The molecule has 0 bridgehead atoms. The van der Waals surface area contributed by atoms with Crippen LogP contribution in [0.25, 0.3) is 6.08 Å². The van der Waals surface area contributed by atoms with Crippen molar-refractivity contribution < 1.29 is 9.72 Å². The van der Waals surface area contributed by atoms with Crippen molar-refractivity contribution in [3.05, 3.63) is 80.2 Å². The Labute approximate surface area is 165 Å². The predicted molar refractivity (Wildman–Crippen MR) is 112 cm³/mol. The van der Waals surface area contributed by atoms with Gasteiger partial charge < -0.3 is 0 Å². The summed E-state index contributed by atoms with van der Waals surface area (Å²) in [6.07, 6.45) is 3.99. The fraction of sp³-hybridized carbons (Fsp3) is 0.105. The van der Waals surface area contributed by atoms with Crippen LogP contribution in [0, 0.1) is 10.1 Å². The quantitative estimate of drug-likeness (QED) is 0.246. The monoisotopic (exact) mass is 397 g/mol. The minimum Gasteiger partial charge on any atom is -0.266 e. The number of amides is 1. The highest BCUT2D eigenvalue weighted by Gasteiger charge is 2.32. The molecule has 2 aromatic carbocycles. The zero-order valence-corrected chi connectivity index (χ0v) is 16.0. The number of carbonyl (C=O) groups is 1. The molecule has 0 unspecified atom stereocenters. The minimum absolute atomic E-state index is 0.0850. The molecule has 1 amide bonds. The number of nitrogens with zero attached hydrogens (tertiary/aromatic N) is 3. The maximum atomic E-state index is 12.6. The van der Waals surface area contributed by atoms with Crippen molar-refractivity contribution >= 4 is 52.2 Å². The number of thioether (sulfide) groups is 1. The van der Waals surface area contributed by atoms with Crippen LogP contribution < -0.4 is 0 Å². The number of nitro groups is 1. The smallest absolute Gasteiger partial charge is 0.266 e. The van der Waals surface area contributed by atoms with E-state index < -0.39 is 4.92 Å². The Morgan fingerprint density at radius 1 is 1.22 bits per heavy atom. The molecule has 0 saturated carbocycles. The van der Waals surface area contributed by atoms with Crippen LogP contribution in [0.2, 0.25) is 0 Å². The highest BCUT2D eigenvalue weighted by atomic mass is 32.2. The summed E-state index contributed by atoms with van der Waals surface area (Å²) in [5.41, 5.74) is 2.33. The number of rotatable bonds is 5. The molecule has 0 atom stereocenters. The summed E-state index contributed by atoms with van der Waals surface area (Å²) in [7, 11) is 0. The first-order valence-corrected chi connectivity index (χ1v) is 9.36. The second kappa shape index (κ2) is 8.24.